The Bertz CT molecular complexity index is 872. The average molecular weight is 561 g/mol. The number of alkyl halides is 2. The lowest BCUT2D eigenvalue weighted by atomic mass is 10.2. The van der Waals surface area contributed by atoms with Crippen molar-refractivity contribution in [2.24, 2.45) is 4.99 Å². The number of benzene rings is 1. The Morgan fingerprint density at radius 2 is 2.06 bits per heavy atom. The second-order valence-electron chi connectivity index (χ2n) is 7.02. The molecule has 2 aromatic rings. The number of guanidine groups is 1. The number of pyridine rings is 1. The quantitative estimate of drug-likeness (QED) is 0.274. The van der Waals surface area contributed by atoms with Gasteiger partial charge in [-0.15, -0.1) is 24.0 Å². The van der Waals surface area contributed by atoms with Gasteiger partial charge in [-0.2, -0.15) is 8.78 Å². The van der Waals surface area contributed by atoms with E-state index in [0.29, 0.717) is 37.2 Å². The summed E-state index contributed by atoms with van der Waals surface area (Å²) in [5.74, 6) is 1.48. The molecular formula is C22H30F2IN5O2. The lowest BCUT2D eigenvalue weighted by Crippen LogP contribution is -2.44. The first-order chi connectivity index (χ1) is 15.1. The molecule has 32 heavy (non-hydrogen) atoms. The molecule has 1 aliphatic heterocycles. The van der Waals surface area contributed by atoms with Crippen LogP contribution < -0.4 is 25.0 Å². The van der Waals surface area contributed by atoms with Crippen molar-refractivity contribution in [2.45, 2.75) is 39.5 Å². The fraction of sp³-hybridized carbons (Fsp3) is 0.455. The van der Waals surface area contributed by atoms with E-state index in [4.69, 9.17) is 4.74 Å². The van der Waals surface area contributed by atoms with Gasteiger partial charge in [-0.05, 0) is 38.5 Å². The maximum absolute atomic E-state index is 12.7. The summed E-state index contributed by atoms with van der Waals surface area (Å²) >= 11 is 0. The van der Waals surface area contributed by atoms with Crippen molar-refractivity contribution >= 4 is 35.6 Å². The van der Waals surface area contributed by atoms with E-state index in [1.54, 1.807) is 24.4 Å². The minimum atomic E-state index is -2.85. The summed E-state index contributed by atoms with van der Waals surface area (Å²) in [6.45, 7) is 4.16. The molecule has 1 atom stereocenters. The van der Waals surface area contributed by atoms with Crippen LogP contribution in [0.2, 0.25) is 0 Å². The molecule has 2 heterocycles. The van der Waals surface area contributed by atoms with Gasteiger partial charge in [0.25, 0.3) is 0 Å². The molecule has 1 aromatic carbocycles. The van der Waals surface area contributed by atoms with Crippen molar-refractivity contribution in [1.29, 1.82) is 0 Å². The first-order valence-corrected chi connectivity index (χ1v) is 10.5. The van der Waals surface area contributed by atoms with E-state index in [9.17, 15) is 8.78 Å². The van der Waals surface area contributed by atoms with E-state index >= 15 is 0 Å². The Labute approximate surface area is 204 Å². The number of rotatable bonds is 9. The molecule has 3 rings (SSSR count). The number of nitrogens with one attached hydrogen (secondary N) is 2. The minimum Gasteiger partial charge on any atom is -0.478 e. The van der Waals surface area contributed by atoms with Gasteiger partial charge in [0.1, 0.15) is 5.75 Å². The summed E-state index contributed by atoms with van der Waals surface area (Å²) in [5, 5.41) is 6.70. The Balaban J connectivity index is 0.00000363. The topological polar surface area (TPSA) is 71.0 Å². The van der Waals surface area contributed by atoms with Gasteiger partial charge in [0.15, 0.2) is 5.96 Å². The summed E-state index contributed by atoms with van der Waals surface area (Å²) in [6, 6.07) is 10.8. The Morgan fingerprint density at radius 3 is 2.81 bits per heavy atom. The molecule has 10 heteroatoms. The van der Waals surface area contributed by atoms with Crippen molar-refractivity contribution in [1.82, 2.24) is 15.6 Å². The van der Waals surface area contributed by atoms with Crippen LogP contribution in [0.5, 0.6) is 11.6 Å². The van der Waals surface area contributed by atoms with Crippen LogP contribution in [0.1, 0.15) is 25.8 Å². The number of hydrogen-bond donors (Lipinski definition) is 2. The van der Waals surface area contributed by atoms with Crippen molar-refractivity contribution in [3.8, 4) is 11.6 Å². The molecule has 1 aromatic heterocycles. The van der Waals surface area contributed by atoms with E-state index < -0.39 is 6.61 Å². The van der Waals surface area contributed by atoms with Crippen molar-refractivity contribution < 1.29 is 18.3 Å². The Kier molecular flexibility index (Phi) is 10.7. The van der Waals surface area contributed by atoms with Gasteiger partial charge in [0.2, 0.25) is 5.88 Å². The number of halogens is 3. The molecule has 1 fully saturated rings. The molecule has 0 aliphatic carbocycles. The first-order valence-electron chi connectivity index (χ1n) is 10.5. The highest BCUT2D eigenvalue weighted by Gasteiger charge is 2.26. The van der Waals surface area contributed by atoms with E-state index in [1.165, 1.54) is 0 Å². The zero-order valence-corrected chi connectivity index (χ0v) is 20.6. The van der Waals surface area contributed by atoms with Gasteiger partial charge < -0.3 is 25.0 Å². The zero-order valence-electron chi connectivity index (χ0n) is 18.3. The highest BCUT2D eigenvalue weighted by Crippen LogP contribution is 2.31. The SMILES string of the molecule is CCNC(=NCc1cccnc1OCC)NC1CCN(c2ccccc2OC(F)F)C1.I. The van der Waals surface area contributed by atoms with Gasteiger partial charge in [-0.3, -0.25) is 0 Å². The van der Waals surface area contributed by atoms with Gasteiger partial charge in [0, 0.05) is 37.4 Å². The third-order valence-corrected chi connectivity index (χ3v) is 4.83. The fourth-order valence-corrected chi connectivity index (χ4v) is 3.50. The molecule has 1 aliphatic rings. The lowest BCUT2D eigenvalue weighted by Gasteiger charge is -2.22. The summed E-state index contributed by atoms with van der Waals surface area (Å²) in [5.41, 5.74) is 1.58. The summed E-state index contributed by atoms with van der Waals surface area (Å²) in [6.07, 6.45) is 2.55. The zero-order chi connectivity index (χ0) is 22.1. The maximum Gasteiger partial charge on any atom is 0.387 e. The number of hydrogen-bond acceptors (Lipinski definition) is 5. The third kappa shape index (κ3) is 7.35. The van der Waals surface area contributed by atoms with Crippen molar-refractivity contribution in [2.75, 3.05) is 31.1 Å². The number of para-hydroxylation sites is 2. The van der Waals surface area contributed by atoms with Crippen molar-refractivity contribution in [3.05, 3.63) is 48.2 Å². The summed E-state index contributed by atoms with van der Waals surface area (Å²) in [4.78, 5) is 11.0. The van der Waals surface area contributed by atoms with Crippen LogP contribution in [-0.4, -0.2) is 49.8 Å². The molecular weight excluding hydrogens is 531 g/mol. The smallest absolute Gasteiger partial charge is 0.387 e. The Hall–Kier alpha value is -2.37. The predicted octanol–water partition coefficient (Wildman–Crippen LogP) is 4.03. The largest absolute Gasteiger partial charge is 0.478 e. The normalized spacial score (nSPS) is 16.0. The van der Waals surface area contributed by atoms with Crippen LogP contribution in [0.4, 0.5) is 14.5 Å². The summed E-state index contributed by atoms with van der Waals surface area (Å²) in [7, 11) is 0. The number of nitrogens with zero attached hydrogens (tertiary/aromatic N) is 3. The van der Waals surface area contributed by atoms with Crippen molar-refractivity contribution in [3.63, 3.8) is 0 Å². The molecule has 0 spiro atoms. The molecule has 176 valence electrons. The van der Waals surface area contributed by atoms with Crippen LogP contribution in [0.15, 0.2) is 47.6 Å². The number of anilines is 1. The Morgan fingerprint density at radius 1 is 1.25 bits per heavy atom. The summed E-state index contributed by atoms with van der Waals surface area (Å²) < 4.78 is 35.7. The standard InChI is InChI=1S/C22H29F2N5O2.HI/c1-3-25-22(27-14-16-8-7-12-26-20(16)30-4-2)28-17-11-13-29(15-17)18-9-5-6-10-19(18)31-21(23)24;/h5-10,12,17,21H,3-4,11,13-15H2,1-2H3,(H2,25,27,28);1H. The van der Waals surface area contributed by atoms with E-state index in [0.717, 1.165) is 25.1 Å². The van der Waals surface area contributed by atoms with Gasteiger partial charge in [-0.25, -0.2) is 9.98 Å². The average Bonchev–Trinajstić information content (AvgIpc) is 3.21. The first kappa shape index (κ1) is 25.9. The second kappa shape index (κ2) is 13.2. The molecule has 2 N–H and O–H groups in total. The van der Waals surface area contributed by atoms with Crippen LogP contribution >= 0.6 is 24.0 Å². The van der Waals surface area contributed by atoms with E-state index in [2.05, 4.69) is 25.3 Å². The molecule has 7 nitrogen and oxygen atoms in total. The van der Waals surface area contributed by atoms with Crippen LogP contribution in [0.3, 0.4) is 0 Å². The highest BCUT2D eigenvalue weighted by molar-refractivity contribution is 14.0. The minimum absolute atomic E-state index is 0. The highest BCUT2D eigenvalue weighted by atomic mass is 127. The molecule has 1 unspecified atom stereocenters. The molecule has 0 saturated carbocycles. The van der Waals surface area contributed by atoms with Gasteiger partial charge in [-0.1, -0.05) is 18.2 Å². The third-order valence-electron chi connectivity index (χ3n) is 4.83. The number of aromatic nitrogens is 1. The number of ether oxygens (including phenoxy) is 2. The van der Waals surface area contributed by atoms with Gasteiger partial charge >= 0.3 is 6.61 Å². The molecule has 0 radical (unpaired) electrons. The lowest BCUT2D eigenvalue weighted by molar-refractivity contribution is -0.0495. The predicted molar refractivity (Wildman–Crippen MR) is 132 cm³/mol. The maximum atomic E-state index is 12.7. The molecule has 1 saturated heterocycles. The van der Waals surface area contributed by atoms with Crippen LogP contribution in [-0.2, 0) is 6.54 Å². The van der Waals surface area contributed by atoms with Gasteiger partial charge in [0.05, 0.1) is 18.8 Å². The van der Waals surface area contributed by atoms with E-state index in [1.807, 2.05) is 36.9 Å². The molecule has 0 amide bonds. The number of aliphatic imine (C=N–C) groups is 1. The fourth-order valence-electron chi connectivity index (χ4n) is 3.50. The van der Waals surface area contributed by atoms with Crippen LogP contribution in [0.25, 0.3) is 0 Å². The van der Waals surface area contributed by atoms with E-state index in [-0.39, 0.29) is 35.8 Å². The monoisotopic (exact) mass is 561 g/mol. The second-order valence-corrected chi connectivity index (χ2v) is 7.02. The van der Waals surface area contributed by atoms with Crippen LogP contribution in [0, 0.1) is 0 Å². The molecule has 0 bridgehead atoms.